The summed E-state index contributed by atoms with van der Waals surface area (Å²) < 4.78 is 11.3. The van der Waals surface area contributed by atoms with Gasteiger partial charge in [0.1, 0.15) is 0 Å². The summed E-state index contributed by atoms with van der Waals surface area (Å²) in [6.07, 6.45) is 4.90. The molecule has 0 spiro atoms. The van der Waals surface area contributed by atoms with E-state index in [1.165, 1.54) is 19.4 Å². The van der Waals surface area contributed by atoms with Gasteiger partial charge in [-0.3, -0.25) is 4.79 Å². The molecule has 2 heterocycles. The van der Waals surface area contributed by atoms with Crippen LogP contribution in [0.15, 0.2) is 0 Å². The summed E-state index contributed by atoms with van der Waals surface area (Å²) in [5.74, 6) is 1.24. The molecule has 0 radical (unpaired) electrons. The van der Waals surface area contributed by atoms with E-state index in [9.17, 15) is 4.79 Å². The molecule has 2 aliphatic heterocycles. The maximum atomic E-state index is 12.5. The Hall–Kier alpha value is -0.650. The van der Waals surface area contributed by atoms with Crippen LogP contribution in [0.5, 0.6) is 0 Å². The van der Waals surface area contributed by atoms with Crippen molar-refractivity contribution in [1.82, 2.24) is 9.80 Å². The van der Waals surface area contributed by atoms with E-state index in [0.29, 0.717) is 13.2 Å². The van der Waals surface area contributed by atoms with Gasteiger partial charge in [0.25, 0.3) is 0 Å². The van der Waals surface area contributed by atoms with Crippen LogP contribution >= 0.6 is 0 Å². The minimum absolute atomic E-state index is 0.0710. The van der Waals surface area contributed by atoms with Crippen LogP contribution in [0, 0.1) is 11.8 Å². The van der Waals surface area contributed by atoms with E-state index in [1.54, 1.807) is 0 Å². The minimum atomic E-state index is 0.0710. The molecule has 1 aliphatic carbocycles. The summed E-state index contributed by atoms with van der Waals surface area (Å²) in [7, 11) is 2.16. The number of morpholine rings is 1. The van der Waals surface area contributed by atoms with Crippen LogP contribution in [-0.2, 0) is 14.3 Å². The molecule has 21 heavy (non-hydrogen) atoms. The first-order chi connectivity index (χ1) is 10.2. The first-order valence-corrected chi connectivity index (χ1v) is 8.39. The molecule has 3 aliphatic rings. The lowest BCUT2D eigenvalue weighted by molar-refractivity contribution is -0.147. The predicted molar refractivity (Wildman–Crippen MR) is 80.1 cm³/mol. The molecule has 0 aromatic rings. The van der Waals surface area contributed by atoms with Crippen molar-refractivity contribution in [1.29, 1.82) is 0 Å². The molecule has 2 saturated heterocycles. The highest BCUT2D eigenvalue weighted by molar-refractivity contribution is 5.79. The molecule has 5 nitrogen and oxygen atoms in total. The number of likely N-dealkylation sites (N-methyl/N-ethyl adjacent to an activating group) is 1. The molecular weight excluding hydrogens is 268 g/mol. The number of hydrogen-bond donors (Lipinski definition) is 0. The van der Waals surface area contributed by atoms with Crippen LogP contribution in [0.3, 0.4) is 0 Å². The van der Waals surface area contributed by atoms with Crippen LogP contribution in [-0.4, -0.2) is 74.9 Å². The smallest absolute Gasteiger partial charge is 0.228 e. The van der Waals surface area contributed by atoms with Crippen molar-refractivity contribution >= 4 is 5.91 Å². The Labute approximate surface area is 127 Å². The predicted octanol–water partition coefficient (Wildman–Crippen LogP) is 0.982. The van der Waals surface area contributed by atoms with Gasteiger partial charge < -0.3 is 19.3 Å². The zero-order valence-corrected chi connectivity index (χ0v) is 13.1. The Bertz CT molecular complexity index is 353. The van der Waals surface area contributed by atoms with Crippen molar-refractivity contribution in [2.24, 2.45) is 11.8 Å². The lowest BCUT2D eigenvalue weighted by Crippen LogP contribution is -2.51. The molecule has 3 fully saturated rings. The average molecular weight is 296 g/mol. The summed E-state index contributed by atoms with van der Waals surface area (Å²) in [5, 5.41) is 0. The first kappa shape index (κ1) is 15.3. The van der Waals surface area contributed by atoms with Crippen LogP contribution in [0.1, 0.15) is 25.7 Å². The molecular formula is C16H28N2O3. The Morgan fingerprint density at radius 3 is 2.81 bits per heavy atom. The van der Waals surface area contributed by atoms with E-state index in [1.807, 2.05) is 4.90 Å². The Kier molecular flexibility index (Phi) is 5.14. The zero-order valence-electron chi connectivity index (χ0n) is 13.1. The lowest BCUT2D eigenvalue weighted by Gasteiger charge is -2.37. The van der Waals surface area contributed by atoms with Crippen LogP contribution in [0.4, 0.5) is 0 Å². The van der Waals surface area contributed by atoms with Crippen molar-refractivity contribution in [3.05, 3.63) is 0 Å². The molecule has 5 heteroatoms. The molecule has 0 aromatic heterocycles. The quantitative estimate of drug-likeness (QED) is 0.758. The molecule has 1 saturated carbocycles. The van der Waals surface area contributed by atoms with Gasteiger partial charge in [-0.15, -0.1) is 0 Å². The van der Waals surface area contributed by atoms with E-state index in [4.69, 9.17) is 9.47 Å². The highest BCUT2D eigenvalue weighted by atomic mass is 16.5. The first-order valence-electron chi connectivity index (χ1n) is 8.39. The Morgan fingerprint density at radius 2 is 2.10 bits per heavy atom. The summed E-state index contributed by atoms with van der Waals surface area (Å²) in [6, 6.07) is 0. The highest BCUT2D eigenvalue weighted by Crippen LogP contribution is 2.29. The zero-order chi connectivity index (χ0) is 14.7. The third kappa shape index (κ3) is 4.41. The number of ether oxygens (including phenoxy) is 2. The topological polar surface area (TPSA) is 42.0 Å². The SMILES string of the molecule is CN(CC1CC1)C[C@H]1CN(C(=O)[C@H]2CCCOC2)CCO1. The van der Waals surface area contributed by atoms with Gasteiger partial charge in [-0.1, -0.05) is 0 Å². The van der Waals surface area contributed by atoms with Gasteiger partial charge in [-0.2, -0.15) is 0 Å². The largest absolute Gasteiger partial charge is 0.381 e. The fourth-order valence-electron chi connectivity index (χ4n) is 3.39. The number of amides is 1. The molecule has 3 rings (SSSR count). The Morgan fingerprint density at radius 1 is 1.24 bits per heavy atom. The van der Waals surface area contributed by atoms with Gasteiger partial charge in [0.2, 0.25) is 5.91 Å². The highest BCUT2D eigenvalue weighted by Gasteiger charge is 2.31. The van der Waals surface area contributed by atoms with E-state index < -0.39 is 0 Å². The third-order valence-corrected chi connectivity index (χ3v) is 4.74. The molecule has 0 N–H and O–H groups in total. The number of hydrogen-bond acceptors (Lipinski definition) is 4. The maximum Gasteiger partial charge on any atom is 0.228 e. The van der Waals surface area contributed by atoms with Gasteiger partial charge in [0.05, 0.1) is 25.2 Å². The van der Waals surface area contributed by atoms with Gasteiger partial charge in [0.15, 0.2) is 0 Å². The van der Waals surface area contributed by atoms with Crippen molar-refractivity contribution in [3.8, 4) is 0 Å². The van der Waals surface area contributed by atoms with Gasteiger partial charge in [-0.25, -0.2) is 0 Å². The molecule has 0 bridgehead atoms. The van der Waals surface area contributed by atoms with E-state index in [0.717, 1.165) is 45.0 Å². The number of carbonyl (C=O) groups excluding carboxylic acids is 1. The second-order valence-corrected chi connectivity index (χ2v) is 6.86. The second-order valence-electron chi connectivity index (χ2n) is 6.86. The molecule has 120 valence electrons. The van der Waals surface area contributed by atoms with Crippen LogP contribution in [0.2, 0.25) is 0 Å². The average Bonchev–Trinajstić information content (AvgIpc) is 3.31. The summed E-state index contributed by atoms with van der Waals surface area (Å²) in [4.78, 5) is 16.9. The summed E-state index contributed by atoms with van der Waals surface area (Å²) >= 11 is 0. The monoisotopic (exact) mass is 296 g/mol. The fourth-order valence-corrected chi connectivity index (χ4v) is 3.39. The molecule has 2 atom stereocenters. The number of carbonyl (C=O) groups is 1. The number of rotatable bonds is 5. The van der Waals surface area contributed by atoms with Crippen molar-refractivity contribution in [2.75, 3.05) is 53.0 Å². The van der Waals surface area contributed by atoms with E-state index >= 15 is 0 Å². The number of nitrogens with zero attached hydrogens (tertiary/aromatic N) is 2. The standard InChI is InChI=1S/C16H28N2O3/c1-17(9-13-4-5-13)10-15-11-18(6-8-21-15)16(19)14-3-2-7-20-12-14/h13-15H,2-12H2,1H3/t14-,15-/m0/s1. The van der Waals surface area contributed by atoms with E-state index in [2.05, 4.69) is 11.9 Å². The summed E-state index contributed by atoms with van der Waals surface area (Å²) in [5.41, 5.74) is 0. The maximum absolute atomic E-state index is 12.5. The molecule has 0 aromatic carbocycles. The van der Waals surface area contributed by atoms with Gasteiger partial charge >= 0.3 is 0 Å². The fraction of sp³-hybridized carbons (Fsp3) is 0.938. The molecule has 1 amide bonds. The molecule has 0 unspecified atom stereocenters. The van der Waals surface area contributed by atoms with Crippen molar-refractivity contribution in [3.63, 3.8) is 0 Å². The van der Waals surface area contributed by atoms with Crippen LogP contribution in [0.25, 0.3) is 0 Å². The second kappa shape index (κ2) is 7.07. The van der Waals surface area contributed by atoms with Gasteiger partial charge in [-0.05, 0) is 38.6 Å². The normalized spacial score (nSPS) is 30.7. The van der Waals surface area contributed by atoms with Crippen LogP contribution < -0.4 is 0 Å². The third-order valence-electron chi connectivity index (χ3n) is 4.74. The summed E-state index contributed by atoms with van der Waals surface area (Å²) in [6.45, 7) is 5.65. The van der Waals surface area contributed by atoms with Crippen molar-refractivity contribution < 1.29 is 14.3 Å². The Balaban J connectivity index is 1.46. The lowest BCUT2D eigenvalue weighted by atomic mass is 10.00. The minimum Gasteiger partial charge on any atom is -0.381 e. The van der Waals surface area contributed by atoms with E-state index in [-0.39, 0.29) is 17.9 Å². The van der Waals surface area contributed by atoms with Gasteiger partial charge in [0, 0.05) is 32.8 Å². The van der Waals surface area contributed by atoms with Crippen molar-refractivity contribution in [2.45, 2.75) is 31.8 Å².